The summed E-state index contributed by atoms with van der Waals surface area (Å²) in [7, 11) is 0. The van der Waals surface area contributed by atoms with Crippen LogP contribution in [-0.2, 0) is 9.59 Å². The Morgan fingerprint density at radius 3 is 1.24 bits per heavy atom. The molecule has 0 saturated carbocycles. The number of aliphatic carboxylic acids is 2. The molecule has 1 unspecified atom stereocenters. The largest absolute Gasteiger partial charge is 0.481 e. The van der Waals surface area contributed by atoms with Crippen LogP contribution in [0.4, 0.5) is 0 Å². The van der Waals surface area contributed by atoms with Crippen LogP contribution in [0, 0.1) is 11.8 Å². The van der Waals surface area contributed by atoms with Crippen molar-refractivity contribution in [3.05, 3.63) is 0 Å². The number of unbranched alkanes of at least 4 members (excludes halogenated alkanes) is 11. The van der Waals surface area contributed by atoms with Crippen molar-refractivity contribution in [2.75, 3.05) is 0 Å². The molecule has 29 heavy (non-hydrogen) atoms. The highest BCUT2D eigenvalue weighted by Crippen LogP contribution is 2.14. The zero-order valence-corrected chi connectivity index (χ0v) is 18.6. The number of rotatable bonds is 17. The van der Waals surface area contributed by atoms with Crippen LogP contribution < -0.4 is 0 Å². The molecule has 7 heteroatoms. The number of aliphatic hydroxyl groups is 3. The molecular weight excluding hydrogens is 376 g/mol. The highest BCUT2D eigenvalue weighted by molar-refractivity contribution is 5.70. The molecule has 0 aromatic carbocycles. The van der Waals surface area contributed by atoms with Gasteiger partial charge in [0.25, 0.3) is 5.97 Å². The van der Waals surface area contributed by atoms with E-state index in [1.807, 2.05) is 0 Å². The Hall–Kier alpha value is -1.18. The lowest BCUT2D eigenvalue weighted by Crippen LogP contribution is -2.40. The molecule has 0 aliphatic carbocycles. The van der Waals surface area contributed by atoms with Crippen LogP contribution in [0.3, 0.4) is 0 Å². The van der Waals surface area contributed by atoms with Crippen LogP contribution >= 0.6 is 0 Å². The van der Waals surface area contributed by atoms with E-state index in [4.69, 9.17) is 25.5 Å². The van der Waals surface area contributed by atoms with Crippen molar-refractivity contribution in [1.82, 2.24) is 0 Å². The summed E-state index contributed by atoms with van der Waals surface area (Å²) in [5, 5.41) is 41.1. The summed E-state index contributed by atoms with van der Waals surface area (Å²) in [6, 6.07) is 0. The Balaban J connectivity index is 0. The molecule has 0 saturated heterocycles. The second-order valence-electron chi connectivity index (χ2n) is 8.32. The van der Waals surface area contributed by atoms with Gasteiger partial charge in [0, 0.05) is 6.42 Å². The summed E-state index contributed by atoms with van der Waals surface area (Å²) >= 11 is 0. The molecule has 0 spiro atoms. The highest BCUT2D eigenvalue weighted by Gasteiger charge is 2.33. The molecule has 174 valence electrons. The number of carbonyl (C=O) groups is 2. The molecule has 7 nitrogen and oxygen atoms in total. The van der Waals surface area contributed by atoms with E-state index in [0.29, 0.717) is 6.42 Å². The average Bonchev–Trinajstić information content (AvgIpc) is 2.60. The van der Waals surface area contributed by atoms with Crippen molar-refractivity contribution in [2.24, 2.45) is 11.8 Å². The maximum absolute atomic E-state index is 10.3. The maximum atomic E-state index is 10.3. The molecule has 0 rings (SSSR count). The van der Waals surface area contributed by atoms with Gasteiger partial charge in [0.15, 0.2) is 0 Å². The molecule has 1 atom stereocenters. The zero-order valence-electron chi connectivity index (χ0n) is 18.6. The fraction of sp³-hybridized carbons (Fsp3) is 0.909. The lowest BCUT2D eigenvalue weighted by atomic mass is 10.0. The van der Waals surface area contributed by atoms with Crippen molar-refractivity contribution in [2.45, 2.75) is 117 Å². The second-order valence-corrected chi connectivity index (χ2v) is 8.32. The molecule has 0 aliphatic heterocycles. The van der Waals surface area contributed by atoms with Gasteiger partial charge in [-0.1, -0.05) is 90.9 Å². The number of carboxylic acid groups (broad SMARTS) is 2. The Bertz CT molecular complexity index is 402. The first kappa shape index (κ1) is 30.0. The van der Waals surface area contributed by atoms with E-state index >= 15 is 0 Å². The van der Waals surface area contributed by atoms with Crippen LogP contribution in [0.25, 0.3) is 0 Å². The minimum absolute atomic E-state index is 0.344. The van der Waals surface area contributed by atoms with Crippen molar-refractivity contribution >= 4 is 11.9 Å². The third-order valence-corrected chi connectivity index (χ3v) is 4.87. The van der Waals surface area contributed by atoms with Gasteiger partial charge in [-0.15, -0.1) is 0 Å². The minimum atomic E-state index is -3.12. The summed E-state index contributed by atoms with van der Waals surface area (Å²) in [6.07, 6.45) is 17.3. The van der Waals surface area contributed by atoms with Gasteiger partial charge in [-0.05, 0) is 19.3 Å². The molecular formula is C22H44O7. The van der Waals surface area contributed by atoms with Gasteiger partial charge in [0.1, 0.15) is 5.92 Å². The van der Waals surface area contributed by atoms with Crippen LogP contribution in [0.1, 0.15) is 111 Å². The molecule has 0 heterocycles. The Morgan fingerprint density at radius 2 is 1.00 bits per heavy atom. The van der Waals surface area contributed by atoms with Gasteiger partial charge in [0.2, 0.25) is 0 Å². The summed E-state index contributed by atoms with van der Waals surface area (Å²) < 4.78 is 0. The lowest BCUT2D eigenvalue weighted by Gasteiger charge is -2.17. The minimum Gasteiger partial charge on any atom is -0.481 e. The van der Waals surface area contributed by atoms with E-state index < -0.39 is 23.8 Å². The van der Waals surface area contributed by atoms with Gasteiger partial charge in [-0.25, -0.2) is 0 Å². The van der Waals surface area contributed by atoms with Crippen molar-refractivity contribution in [1.29, 1.82) is 0 Å². The van der Waals surface area contributed by atoms with E-state index in [1.54, 1.807) is 0 Å². The lowest BCUT2D eigenvalue weighted by molar-refractivity contribution is -0.334. The van der Waals surface area contributed by atoms with E-state index in [-0.39, 0.29) is 0 Å². The molecule has 0 amide bonds. The van der Waals surface area contributed by atoms with E-state index in [0.717, 1.165) is 25.7 Å². The summed E-state index contributed by atoms with van der Waals surface area (Å²) in [4.78, 5) is 20.2. The molecule has 0 fully saturated rings. The Labute approximate surface area is 176 Å². The fourth-order valence-corrected chi connectivity index (χ4v) is 2.76. The molecule has 0 bridgehead atoms. The van der Waals surface area contributed by atoms with Crippen LogP contribution in [0.2, 0.25) is 0 Å². The predicted molar refractivity (Wildman–Crippen MR) is 113 cm³/mol. The van der Waals surface area contributed by atoms with Crippen molar-refractivity contribution < 1.29 is 35.1 Å². The smallest absolute Gasteiger partial charge is 0.314 e. The zero-order chi connectivity index (χ0) is 22.7. The topological polar surface area (TPSA) is 135 Å². The van der Waals surface area contributed by atoms with Crippen LogP contribution in [0.15, 0.2) is 0 Å². The van der Waals surface area contributed by atoms with Gasteiger partial charge >= 0.3 is 11.9 Å². The molecule has 0 aliphatic rings. The first-order valence-electron chi connectivity index (χ1n) is 11.1. The first-order chi connectivity index (χ1) is 13.5. The average molecular weight is 421 g/mol. The van der Waals surface area contributed by atoms with E-state index in [1.165, 1.54) is 70.6 Å². The number of hydrogen-bond acceptors (Lipinski definition) is 5. The Morgan fingerprint density at radius 1 is 0.655 bits per heavy atom. The maximum Gasteiger partial charge on any atom is 0.314 e. The third kappa shape index (κ3) is 24.8. The highest BCUT2D eigenvalue weighted by atomic mass is 16.7. The number of carboxylic acids is 2. The monoisotopic (exact) mass is 420 g/mol. The van der Waals surface area contributed by atoms with Crippen molar-refractivity contribution in [3.63, 3.8) is 0 Å². The van der Waals surface area contributed by atoms with Gasteiger partial charge in [-0.3, -0.25) is 9.59 Å². The summed E-state index contributed by atoms with van der Waals surface area (Å²) in [5.74, 6) is -5.98. The van der Waals surface area contributed by atoms with Crippen LogP contribution in [0.5, 0.6) is 0 Å². The molecule has 0 aromatic heterocycles. The van der Waals surface area contributed by atoms with E-state index in [2.05, 4.69) is 13.8 Å². The van der Waals surface area contributed by atoms with Gasteiger partial charge in [0.05, 0.1) is 0 Å². The first-order valence-corrected chi connectivity index (χ1v) is 11.1. The summed E-state index contributed by atoms with van der Waals surface area (Å²) in [5.41, 5.74) is 0. The normalized spacial score (nSPS) is 12.4. The molecule has 0 radical (unpaired) electrons. The van der Waals surface area contributed by atoms with Gasteiger partial charge in [-0.2, -0.15) is 0 Å². The van der Waals surface area contributed by atoms with Gasteiger partial charge < -0.3 is 25.5 Å². The van der Waals surface area contributed by atoms with E-state index in [9.17, 15) is 9.59 Å². The van der Waals surface area contributed by atoms with Crippen LogP contribution in [-0.4, -0.2) is 43.4 Å². The molecule has 0 aromatic rings. The third-order valence-electron chi connectivity index (χ3n) is 4.87. The van der Waals surface area contributed by atoms with Crippen molar-refractivity contribution in [3.8, 4) is 0 Å². The SMILES string of the molecule is CC(C(=O)O)C(O)(O)O.CC(C)CCCCCCCCCCCCCCC(=O)O. The standard InChI is InChI=1S/C18H36O2.C4H8O5/c1-17(2)15-13-11-9-7-5-3-4-6-8-10-12-14-16-18(19)20;1-2(3(5)6)4(7,8)9/h17H,3-16H2,1-2H3,(H,19,20);2,7-9H,1H3,(H,5,6). The Kier molecular flexibility index (Phi) is 19.5. The second kappa shape index (κ2) is 18.8. The predicted octanol–water partition coefficient (Wildman–Crippen LogP) is 4.53. The molecule has 5 N–H and O–H groups in total. The number of hydrogen-bond donors (Lipinski definition) is 5. The quantitative estimate of drug-likeness (QED) is 0.172. The fourth-order valence-electron chi connectivity index (χ4n) is 2.76. The summed E-state index contributed by atoms with van der Waals surface area (Å²) in [6.45, 7) is 5.59.